The summed E-state index contributed by atoms with van der Waals surface area (Å²) in [5.74, 6) is 0.171. The predicted molar refractivity (Wildman–Crippen MR) is 31.4 cm³/mol. The zero-order valence-electron chi connectivity index (χ0n) is 5.49. The van der Waals surface area contributed by atoms with Gasteiger partial charge in [-0.25, -0.2) is 0 Å². The maximum Gasteiger partial charge on any atom is 0.227 e. The first-order valence-electron chi connectivity index (χ1n) is 2.86. The number of carbonyl (C=O) groups excluding carboxylic acids is 1. The first-order chi connectivity index (χ1) is 3.55. The van der Waals surface area contributed by atoms with Crippen LogP contribution in [0.5, 0.6) is 0 Å². The lowest BCUT2D eigenvalue weighted by Crippen LogP contribution is -2.62. The van der Waals surface area contributed by atoms with Gasteiger partial charge in [0.15, 0.2) is 0 Å². The Morgan fingerprint density at radius 2 is 2.12 bits per heavy atom. The lowest BCUT2D eigenvalue weighted by Gasteiger charge is -2.41. The highest BCUT2D eigenvalue weighted by atomic mass is 16.2. The molecule has 46 valence electrons. The van der Waals surface area contributed by atoms with Crippen molar-refractivity contribution in [2.24, 2.45) is 5.41 Å². The number of hydrogen-bond donors (Lipinski definition) is 1. The van der Waals surface area contributed by atoms with Crippen molar-refractivity contribution in [1.82, 2.24) is 5.32 Å². The third-order valence-electron chi connectivity index (χ3n) is 2.02. The van der Waals surface area contributed by atoms with E-state index in [1.807, 2.05) is 20.8 Å². The van der Waals surface area contributed by atoms with E-state index in [2.05, 4.69) is 5.32 Å². The van der Waals surface area contributed by atoms with Crippen molar-refractivity contribution in [2.45, 2.75) is 26.8 Å². The molecule has 1 N–H and O–H groups in total. The van der Waals surface area contributed by atoms with Crippen LogP contribution in [0.25, 0.3) is 0 Å². The fourth-order valence-electron chi connectivity index (χ4n) is 0.682. The van der Waals surface area contributed by atoms with Gasteiger partial charge in [0.05, 0.1) is 5.41 Å². The molecule has 0 aromatic rings. The standard InChI is InChI=1S/C6H11NO/c1-4-6(2,3)5(8)7-4/h4H,1-3H3,(H,7,8). The van der Waals surface area contributed by atoms with Crippen molar-refractivity contribution in [3.8, 4) is 0 Å². The van der Waals surface area contributed by atoms with E-state index in [0.29, 0.717) is 6.04 Å². The first kappa shape index (κ1) is 5.60. The van der Waals surface area contributed by atoms with Gasteiger partial charge in [0.2, 0.25) is 5.91 Å². The maximum atomic E-state index is 10.7. The molecule has 2 heteroatoms. The molecular weight excluding hydrogens is 102 g/mol. The predicted octanol–water partition coefficient (Wildman–Crippen LogP) is 0.531. The van der Waals surface area contributed by atoms with Crippen molar-refractivity contribution >= 4 is 5.91 Å². The van der Waals surface area contributed by atoms with Gasteiger partial charge in [0.1, 0.15) is 0 Å². The van der Waals surface area contributed by atoms with Crippen molar-refractivity contribution in [1.29, 1.82) is 0 Å². The normalized spacial score (nSPS) is 33.4. The fourth-order valence-corrected chi connectivity index (χ4v) is 0.682. The number of nitrogens with one attached hydrogen (secondary N) is 1. The number of hydrogen-bond acceptors (Lipinski definition) is 1. The van der Waals surface area contributed by atoms with E-state index in [1.165, 1.54) is 0 Å². The summed E-state index contributed by atoms with van der Waals surface area (Å²) in [6.45, 7) is 5.93. The second kappa shape index (κ2) is 1.24. The smallest absolute Gasteiger partial charge is 0.227 e. The van der Waals surface area contributed by atoms with Gasteiger partial charge in [-0.1, -0.05) is 0 Å². The SMILES string of the molecule is CC1NC(=O)C1(C)C. The molecule has 8 heavy (non-hydrogen) atoms. The van der Waals surface area contributed by atoms with E-state index in [0.717, 1.165) is 0 Å². The number of amides is 1. The topological polar surface area (TPSA) is 29.1 Å². The second-order valence-electron chi connectivity index (χ2n) is 2.92. The zero-order chi connectivity index (χ0) is 6.36. The summed E-state index contributed by atoms with van der Waals surface area (Å²) >= 11 is 0. The highest BCUT2D eigenvalue weighted by Gasteiger charge is 2.43. The highest BCUT2D eigenvalue weighted by molar-refractivity contribution is 5.88. The fraction of sp³-hybridized carbons (Fsp3) is 0.833. The quantitative estimate of drug-likeness (QED) is 0.456. The van der Waals surface area contributed by atoms with E-state index in [4.69, 9.17) is 0 Å². The Morgan fingerprint density at radius 3 is 2.12 bits per heavy atom. The summed E-state index contributed by atoms with van der Waals surface area (Å²) < 4.78 is 0. The van der Waals surface area contributed by atoms with Gasteiger partial charge < -0.3 is 5.32 Å². The third kappa shape index (κ3) is 0.457. The minimum absolute atomic E-state index is 0.111. The van der Waals surface area contributed by atoms with Crippen LogP contribution in [0.2, 0.25) is 0 Å². The molecular formula is C6H11NO. The van der Waals surface area contributed by atoms with Crippen LogP contribution in [0.4, 0.5) is 0 Å². The molecule has 1 saturated heterocycles. The largest absolute Gasteiger partial charge is 0.352 e. The molecule has 1 aliphatic heterocycles. The second-order valence-corrected chi connectivity index (χ2v) is 2.92. The van der Waals surface area contributed by atoms with Crippen molar-refractivity contribution in [2.75, 3.05) is 0 Å². The van der Waals surface area contributed by atoms with Gasteiger partial charge in [-0.3, -0.25) is 4.79 Å². The molecule has 0 saturated carbocycles. The maximum absolute atomic E-state index is 10.7. The summed E-state index contributed by atoms with van der Waals surface area (Å²) in [6, 6.07) is 0.356. The molecule has 0 aromatic heterocycles. The van der Waals surface area contributed by atoms with E-state index < -0.39 is 0 Å². The van der Waals surface area contributed by atoms with Crippen LogP contribution in [-0.4, -0.2) is 11.9 Å². The number of rotatable bonds is 0. The Balaban J connectivity index is 2.66. The van der Waals surface area contributed by atoms with Crippen molar-refractivity contribution in [3.63, 3.8) is 0 Å². The van der Waals surface area contributed by atoms with Gasteiger partial charge in [-0.2, -0.15) is 0 Å². The molecule has 1 unspecified atom stereocenters. The minimum atomic E-state index is -0.111. The molecule has 0 bridgehead atoms. The molecule has 0 aromatic carbocycles. The molecule has 0 spiro atoms. The summed E-state index contributed by atoms with van der Waals surface area (Å²) in [7, 11) is 0. The zero-order valence-corrected chi connectivity index (χ0v) is 5.49. The molecule has 1 fully saturated rings. The Kier molecular flexibility index (Phi) is 0.872. The summed E-state index contributed by atoms with van der Waals surface area (Å²) in [5.41, 5.74) is -0.111. The minimum Gasteiger partial charge on any atom is -0.352 e. The number of carbonyl (C=O) groups is 1. The van der Waals surface area contributed by atoms with Crippen LogP contribution in [-0.2, 0) is 4.79 Å². The average Bonchev–Trinajstić information content (AvgIpc) is 1.68. The molecule has 1 heterocycles. The molecule has 1 rings (SSSR count). The lowest BCUT2D eigenvalue weighted by atomic mass is 9.77. The molecule has 1 amide bonds. The molecule has 1 atom stereocenters. The Labute approximate surface area is 49.3 Å². The molecule has 2 nitrogen and oxygen atoms in total. The van der Waals surface area contributed by atoms with Crippen LogP contribution >= 0.6 is 0 Å². The molecule has 0 radical (unpaired) electrons. The third-order valence-corrected chi connectivity index (χ3v) is 2.02. The summed E-state index contributed by atoms with van der Waals surface area (Å²) in [4.78, 5) is 10.7. The van der Waals surface area contributed by atoms with E-state index >= 15 is 0 Å². The van der Waals surface area contributed by atoms with Crippen LogP contribution in [0.15, 0.2) is 0 Å². The van der Waals surface area contributed by atoms with Gasteiger partial charge in [0, 0.05) is 6.04 Å². The van der Waals surface area contributed by atoms with Gasteiger partial charge in [0.25, 0.3) is 0 Å². The van der Waals surface area contributed by atoms with E-state index in [1.54, 1.807) is 0 Å². The average molecular weight is 113 g/mol. The summed E-state index contributed by atoms with van der Waals surface area (Å²) in [6.07, 6.45) is 0. The first-order valence-corrected chi connectivity index (χ1v) is 2.86. The monoisotopic (exact) mass is 113 g/mol. The van der Waals surface area contributed by atoms with E-state index in [9.17, 15) is 4.79 Å². The Hall–Kier alpha value is -0.530. The summed E-state index contributed by atoms with van der Waals surface area (Å²) in [5, 5.41) is 2.76. The van der Waals surface area contributed by atoms with Crippen molar-refractivity contribution < 1.29 is 4.79 Å². The van der Waals surface area contributed by atoms with E-state index in [-0.39, 0.29) is 11.3 Å². The Morgan fingerprint density at radius 1 is 1.62 bits per heavy atom. The van der Waals surface area contributed by atoms with Crippen LogP contribution in [0, 0.1) is 5.41 Å². The lowest BCUT2D eigenvalue weighted by molar-refractivity contribution is -0.141. The van der Waals surface area contributed by atoms with Crippen LogP contribution in [0.1, 0.15) is 20.8 Å². The Bertz CT molecular complexity index is 128. The van der Waals surface area contributed by atoms with Gasteiger partial charge >= 0.3 is 0 Å². The molecule has 0 aliphatic carbocycles. The van der Waals surface area contributed by atoms with Gasteiger partial charge in [-0.15, -0.1) is 0 Å². The van der Waals surface area contributed by atoms with Crippen LogP contribution in [0.3, 0.4) is 0 Å². The number of β-lactam (4-membered cyclic amide) rings is 1. The molecule has 1 aliphatic rings. The van der Waals surface area contributed by atoms with Crippen molar-refractivity contribution in [3.05, 3.63) is 0 Å². The van der Waals surface area contributed by atoms with Gasteiger partial charge in [-0.05, 0) is 20.8 Å². The van der Waals surface area contributed by atoms with Crippen LogP contribution < -0.4 is 5.32 Å². The highest BCUT2D eigenvalue weighted by Crippen LogP contribution is 2.28.